The second kappa shape index (κ2) is 4.49. The van der Waals surface area contributed by atoms with Crippen LogP contribution in [0.5, 0.6) is 0 Å². The highest BCUT2D eigenvalue weighted by atomic mass is 35.5. The minimum atomic E-state index is -0.271. The predicted molar refractivity (Wildman–Crippen MR) is 84.6 cm³/mol. The average Bonchev–Trinajstić information content (AvgIpc) is 2.84. The normalized spacial score (nSPS) is 17.2. The fraction of sp³-hybridized carbons (Fsp3) is 0.0667. The molecule has 0 aliphatic carbocycles. The molecule has 104 valence electrons. The van der Waals surface area contributed by atoms with E-state index in [4.69, 9.17) is 17.3 Å². The van der Waals surface area contributed by atoms with Gasteiger partial charge in [-0.15, -0.1) is 0 Å². The number of nitrogens with zero attached hydrogens (tertiary/aromatic N) is 3. The minimum Gasteiger partial charge on any atom is -0.370 e. The first kappa shape index (κ1) is 12.2. The molecular weight excluding hydrogens is 286 g/mol. The zero-order valence-corrected chi connectivity index (χ0v) is 11.7. The lowest BCUT2D eigenvalue weighted by Crippen LogP contribution is -2.31. The van der Waals surface area contributed by atoms with Gasteiger partial charge < -0.3 is 5.73 Å². The number of benzene rings is 2. The summed E-state index contributed by atoms with van der Waals surface area (Å²) >= 11 is 6.10. The first-order chi connectivity index (χ1) is 10.2. The lowest BCUT2D eigenvalue weighted by atomic mass is 10.1. The summed E-state index contributed by atoms with van der Waals surface area (Å²) in [7, 11) is 0. The third-order valence-corrected chi connectivity index (χ3v) is 3.72. The number of halogens is 1. The molecular formula is C15H12ClN5. The number of fused-ring (bicyclic) bond motifs is 3. The number of nitrogens with two attached hydrogens (primary N) is 1. The lowest BCUT2D eigenvalue weighted by molar-refractivity contribution is 0.626. The van der Waals surface area contributed by atoms with Gasteiger partial charge in [0.05, 0.1) is 11.0 Å². The molecule has 1 aromatic heterocycles. The van der Waals surface area contributed by atoms with Gasteiger partial charge in [-0.25, -0.2) is 9.98 Å². The Balaban J connectivity index is 1.97. The maximum atomic E-state index is 6.10. The molecule has 0 radical (unpaired) electrons. The van der Waals surface area contributed by atoms with E-state index in [1.807, 2.05) is 53.1 Å². The molecule has 2 heterocycles. The highest BCUT2D eigenvalue weighted by Gasteiger charge is 2.24. The van der Waals surface area contributed by atoms with Crippen molar-refractivity contribution < 1.29 is 0 Å². The van der Waals surface area contributed by atoms with Crippen molar-refractivity contribution in [2.45, 2.75) is 6.17 Å². The number of guanidine groups is 1. The monoisotopic (exact) mass is 297 g/mol. The first-order valence-corrected chi connectivity index (χ1v) is 6.93. The van der Waals surface area contributed by atoms with Crippen molar-refractivity contribution in [3.8, 4) is 0 Å². The van der Waals surface area contributed by atoms with Gasteiger partial charge in [0.25, 0.3) is 0 Å². The fourth-order valence-electron chi connectivity index (χ4n) is 2.61. The molecule has 0 unspecified atom stereocenters. The molecule has 2 aromatic carbocycles. The van der Waals surface area contributed by atoms with E-state index >= 15 is 0 Å². The predicted octanol–water partition coefficient (Wildman–Crippen LogP) is 2.98. The summed E-state index contributed by atoms with van der Waals surface area (Å²) in [5, 5.41) is 3.68. The Bertz CT molecular complexity index is 867. The van der Waals surface area contributed by atoms with Crippen LogP contribution in [0.1, 0.15) is 11.7 Å². The van der Waals surface area contributed by atoms with E-state index in [9.17, 15) is 0 Å². The summed E-state index contributed by atoms with van der Waals surface area (Å²) in [5.74, 6) is 1.04. The van der Waals surface area contributed by atoms with Crippen molar-refractivity contribution in [2.75, 3.05) is 5.32 Å². The van der Waals surface area contributed by atoms with Crippen LogP contribution in [-0.4, -0.2) is 15.5 Å². The third-order valence-electron chi connectivity index (χ3n) is 3.49. The second-order valence-electron chi connectivity index (χ2n) is 4.86. The molecule has 5 nitrogen and oxygen atoms in total. The number of nitrogens with one attached hydrogen (secondary N) is 1. The molecule has 1 aliphatic heterocycles. The van der Waals surface area contributed by atoms with Gasteiger partial charge in [-0.2, -0.15) is 0 Å². The zero-order valence-electron chi connectivity index (χ0n) is 11.0. The third kappa shape index (κ3) is 1.94. The summed E-state index contributed by atoms with van der Waals surface area (Å²) in [5.41, 5.74) is 8.76. The van der Waals surface area contributed by atoms with E-state index in [-0.39, 0.29) is 6.17 Å². The molecule has 4 rings (SSSR count). The van der Waals surface area contributed by atoms with Crippen molar-refractivity contribution in [3.63, 3.8) is 0 Å². The quantitative estimate of drug-likeness (QED) is 0.725. The summed E-state index contributed by atoms with van der Waals surface area (Å²) < 4.78 is 2.03. The molecule has 0 spiro atoms. The molecule has 0 bridgehead atoms. The summed E-state index contributed by atoms with van der Waals surface area (Å²) in [6, 6.07) is 15.5. The van der Waals surface area contributed by atoms with Crippen LogP contribution >= 0.6 is 11.6 Å². The smallest absolute Gasteiger partial charge is 0.212 e. The molecule has 6 heteroatoms. The Hall–Kier alpha value is -2.53. The Morgan fingerprint density at radius 1 is 1.14 bits per heavy atom. The van der Waals surface area contributed by atoms with Gasteiger partial charge in [0.2, 0.25) is 5.95 Å². The molecule has 3 aromatic rings. The Labute approximate surface area is 126 Å². The van der Waals surface area contributed by atoms with E-state index in [1.165, 1.54) is 0 Å². The van der Waals surface area contributed by atoms with Crippen LogP contribution in [0.4, 0.5) is 5.95 Å². The standard InChI is InChI=1S/C15H12ClN5/c16-10-5-3-4-9(8-10)13-19-14(17)20-15-18-11-6-1-2-7-12(11)21(13)15/h1-8,13H,(H3,17,18,19,20)/t13-/m0/s1. The number of hydrogen-bond donors (Lipinski definition) is 2. The molecule has 0 fully saturated rings. The Kier molecular flexibility index (Phi) is 2.62. The van der Waals surface area contributed by atoms with E-state index < -0.39 is 0 Å². The van der Waals surface area contributed by atoms with Crippen LogP contribution in [0, 0.1) is 0 Å². The SMILES string of the molecule is NC1=N[C@H](c2cccc(Cl)c2)n2c(nc3ccccc32)N1. The number of aromatic nitrogens is 2. The molecule has 0 amide bonds. The number of rotatable bonds is 1. The van der Waals surface area contributed by atoms with E-state index in [1.54, 1.807) is 0 Å². The number of anilines is 1. The molecule has 3 N–H and O–H groups in total. The summed E-state index contributed by atoms with van der Waals surface area (Å²) in [4.78, 5) is 9.06. The molecule has 0 saturated carbocycles. The second-order valence-corrected chi connectivity index (χ2v) is 5.30. The van der Waals surface area contributed by atoms with Gasteiger partial charge in [0.1, 0.15) is 0 Å². The van der Waals surface area contributed by atoms with Gasteiger partial charge in [0, 0.05) is 5.02 Å². The van der Waals surface area contributed by atoms with Gasteiger partial charge in [-0.1, -0.05) is 35.9 Å². The fourth-order valence-corrected chi connectivity index (χ4v) is 2.81. The molecule has 0 saturated heterocycles. The van der Waals surface area contributed by atoms with Crippen molar-refractivity contribution in [1.29, 1.82) is 0 Å². The van der Waals surface area contributed by atoms with Gasteiger partial charge >= 0.3 is 0 Å². The molecule has 21 heavy (non-hydrogen) atoms. The maximum absolute atomic E-state index is 6.10. The van der Waals surface area contributed by atoms with Gasteiger partial charge in [-0.3, -0.25) is 9.88 Å². The van der Waals surface area contributed by atoms with E-state index in [0.717, 1.165) is 16.6 Å². The Morgan fingerprint density at radius 3 is 2.86 bits per heavy atom. The summed E-state index contributed by atoms with van der Waals surface area (Å²) in [6.07, 6.45) is -0.271. The molecule has 1 atom stereocenters. The average molecular weight is 298 g/mol. The number of imidazole rings is 1. The van der Waals surface area contributed by atoms with E-state index in [0.29, 0.717) is 16.9 Å². The molecule has 1 aliphatic rings. The summed E-state index contributed by atoms with van der Waals surface area (Å²) in [6.45, 7) is 0. The number of para-hydroxylation sites is 2. The topological polar surface area (TPSA) is 68.2 Å². The van der Waals surface area contributed by atoms with Gasteiger partial charge in [0.15, 0.2) is 12.1 Å². The maximum Gasteiger partial charge on any atom is 0.212 e. The highest BCUT2D eigenvalue weighted by molar-refractivity contribution is 6.30. The largest absolute Gasteiger partial charge is 0.370 e. The number of hydrogen-bond acceptors (Lipinski definition) is 4. The van der Waals surface area contributed by atoms with E-state index in [2.05, 4.69) is 15.3 Å². The van der Waals surface area contributed by atoms with Gasteiger partial charge in [-0.05, 0) is 29.8 Å². The van der Waals surface area contributed by atoms with Crippen LogP contribution in [0.3, 0.4) is 0 Å². The van der Waals surface area contributed by atoms with Crippen LogP contribution in [0.2, 0.25) is 5.02 Å². The lowest BCUT2D eigenvalue weighted by Gasteiger charge is -2.23. The van der Waals surface area contributed by atoms with Crippen molar-refractivity contribution in [3.05, 3.63) is 59.1 Å². The highest BCUT2D eigenvalue weighted by Crippen LogP contribution is 2.32. The van der Waals surface area contributed by atoms with Crippen molar-refractivity contribution >= 4 is 34.5 Å². The number of aliphatic imine (C=N–C) groups is 1. The minimum absolute atomic E-state index is 0.271. The first-order valence-electron chi connectivity index (χ1n) is 6.55. The van der Waals surface area contributed by atoms with Crippen LogP contribution < -0.4 is 11.1 Å². The zero-order chi connectivity index (χ0) is 14.4. The Morgan fingerprint density at radius 2 is 2.00 bits per heavy atom. The van der Waals surface area contributed by atoms with Crippen molar-refractivity contribution in [2.24, 2.45) is 10.7 Å². The van der Waals surface area contributed by atoms with Crippen LogP contribution in [0.25, 0.3) is 11.0 Å². The van der Waals surface area contributed by atoms with Crippen LogP contribution in [0.15, 0.2) is 53.5 Å². The van der Waals surface area contributed by atoms with Crippen LogP contribution in [-0.2, 0) is 0 Å². The van der Waals surface area contributed by atoms with Crippen molar-refractivity contribution in [1.82, 2.24) is 9.55 Å².